The summed E-state index contributed by atoms with van der Waals surface area (Å²) in [5.74, 6) is 2.10. The van der Waals surface area contributed by atoms with Crippen LogP contribution in [0, 0.1) is 41.5 Å². The molecule has 5 aromatic carbocycles. The van der Waals surface area contributed by atoms with Gasteiger partial charge in [0.2, 0.25) is 0 Å². The maximum atomic E-state index is 2.34. The van der Waals surface area contributed by atoms with Crippen molar-refractivity contribution in [1.29, 1.82) is 0 Å². The monoisotopic (exact) mass is 783 g/mol. The smallest absolute Gasteiger partial charge is 0.0106 e. The summed E-state index contributed by atoms with van der Waals surface area (Å²) >= 11 is 0. The maximum absolute atomic E-state index is 2.34. The first-order valence-electron chi connectivity index (χ1n) is 22.6. The predicted octanol–water partition coefficient (Wildman–Crippen LogP) is 18.2. The lowest BCUT2D eigenvalue weighted by Gasteiger charge is -2.22. The van der Waals surface area contributed by atoms with Crippen LogP contribution >= 0.6 is 0 Å². The average Bonchev–Trinajstić information content (AvgIpc) is 3.26. The van der Waals surface area contributed by atoms with Crippen LogP contribution in [-0.4, -0.2) is 0 Å². The highest BCUT2D eigenvalue weighted by Gasteiger charge is 2.18. The van der Waals surface area contributed by atoms with Gasteiger partial charge in [-0.15, -0.1) is 0 Å². The summed E-state index contributed by atoms with van der Waals surface area (Å²) in [4.78, 5) is 0. The fourth-order valence-electron chi connectivity index (χ4n) is 6.81. The quantitative estimate of drug-likeness (QED) is 0.132. The van der Waals surface area contributed by atoms with Crippen LogP contribution in [0.5, 0.6) is 0 Å². The highest BCUT2D eigenvalue weighted by Crippen LogP contribution is 2.33. The van der Waals surface area contributed by atoms with Crippen LogP contribution in [0.3, 0.4) is 0 Å². The Morgan fingerprint density at radius 2 is 0.655 bits per heavy atom. The van der Waals surface area contributed by atoms with Crippen molar-refractivity contribution in [2.45, 2.75) is 185 Å². The molecule has 0 N–H and O–H groups in total. The normalized spacial score (nSPS) is 12.4. The number of aryl methyl sites for hydroxylation is 1. The van der Waals surface area contributed by atoms with E-state index in [2.05, 4.69) is 240 Å². The van der Waals surface area contributed by atoms with E-state index < -0.39 is 0 Å². The molecule has 0 aliphatic rings. The Balaban J connectivity index is 0.000000365. The van der Waals surface area contributed by atoms with Crippen molar-refractivity contribution in [2.24, 2.45) is 0 Å². The van der Waals surface area contributed by atoms with Crippen LogP contribution in [0.15, 0.2) is 115 Å². The first-order chi connectivity index (χ1) is 27.3. The molecule has 3 unspecified atom stereocenters. The van der Waals surface area contributed by atoms with Gasteiger partial charge in [-0.1, -0.05) is 204 Å². The van der Waals surface area contributed by atoms with Crippen LogP contribution in [0.1, 0.15) is 194 Å². The Labute approximate surface area is 360 Å². The largest absolute Gasteiger partial charge is 0.0648 e. The molecule has 0 bridgehead atoms. The van der Waals surface area contributed by atoms with Gasteiger partial charge >= 0.3 is 0 Å². The Morgan fingerprint density at radius 1 is 0.362 bits per heavy atom. The standard InChI is InChI=1S/C15H24.3C11H16.C10H14/c1-8-9(2)15-13(6)11(4)10(3)12(5)14(15)7;1-4-10(3)11-7-5-9(2)6-8-11;2*1-4-11(2,3)10-8-6-5-7-9-10;1-3-9(2)10-7-5-4-6-8-10/h9H,8H2,1-7H3;5-8,10H,4H2,1-3H3;2*5-9H,4H2,1-3H3;4-9H,3H2,1-2H3. The average molecular weight is 783 g/mol. The Hall–Kier alpha value is -3.90. The molecule has 0 aromatic heterocycles. The van der Waals surface area contributed by atoms with Crippen molar-refractivity contribution in [3.8, 4) is 0 Å². The fourth-order valence-corrected chi connectivity index (χ4v) is 6.81. The zero-order valence-electron chi connectivity index (χ0n) is 40.7. The highest BCUT2D eigenvalue weighted by molar-refractivity contribution is 5.50. The molecule has 5 aromatic rings. The number of hydrogen-bond acceptors (Lipinski definition) is 0. The molecule has 0 fully saturated rings. The van der Waals surface area contributed by atoms with Crippen molar-refractivity contribution in [2.75, 3.05) is 0 Å². The van der Waals surface area contributed by atoms with Crippen molar-refractivity contribution < 1.29 is 0 Å². The van der Waals surface area contributed by atoms with Crippen LogP contribution in [-0.2, 0) is 10.8 Å². The Bertz CT molecular complexity index is 1730. The van der Waals surface area contributed by atoms with Gasteiger partial charge < -0.3 is 0 Å². The lowest BCUT2D eigenvalue weighted by atomic mass is 9.82. The number of hydrogen-bond donors (Lipinski definition) is 0. The van der Waals surface area contributed by atoms with E-state index in [4.69, 9.17) is 0 Å². The van der Waals surface area contributed by atoms with E-state index in [9.17, 15) is 0 Å². The fraction of sp³-hybridized carbons (Fsp3) is 0.483. The molecule has 0 spiro atoms. The molecule has 0 aliphatic heterocycles. The zero-order valence-corrected chi connectivity index (χ0v) is 40.7. The summed E-state index contributed by atoms with van der Waals surface area (Å²) in [7, 11) is 0. The second kappa shape index (κ2) is 26.3. The third-order valence-electron chi connectivity index (χ3n) is 13.3. The van der Waals surface area contributed by atoms with Crippen molar-refractivity contribution in [3.05, 3.63) is 176 Å². The van der Waals surface area contributed by atoms with E-state index >= 15 is 0 Å². The highest BCUT2D eigenvalue weighted by atomic mass is 14.2. The molecule has 3 atom stereocenters. The topological polar surface area (TPSA) is 0 Å². The van der Waals surface area contributed by atoms with Gasteiger partial charge in [0.25, 0.3) is 0 Å². The SMILES string of the molecule is CCC(C)(C)c1ccccc1.CCC(C)(C)c1ccccc1.CCC(C)c1c(C)c(C)c(C)c(C)c1C.CCC(C)c1ccc(C)cc1.CCC(C)c1ccccc1. The second-order valence-corrected chi connectivity index (χ2v) is 18.0. The minimum absolute atomic E-state index is 0.335. The summed E-state index contributed by atoms with van der Waals surface area (Å²) < 4.78 is 0. The molecule has 0 heteroatoms. The molecule has 0 saturated heterocycles. The van der Waals surface area contributed by atoms with Crippen LogP contribution in [0.4, 0.5) is 0 Å². The van der Waals surface area contributed by atoms with E-state index in [1.165, 1.54) is 87.7 Å². The first-order valence-corrected chi connectivity index (χ1v) is 22.6. The van der Waals surface area contributed by atoms with E-state index in [0.717, 1.165) is 0 Å². The minimum Gasteiger partial charge on any atom is -0.0648 e. The molecule has 5 rings (SSSR count). The van der Waals surface area contributed by atoms with Gasteiger partial charge in [0.15, 0.2) is 0 Å². The van der Waals surface area contributed by atoms with E-state index in [1.807, 2.05) is 0 Å². The Kier molecular flexibility index (Phi) is 23.6. The molecule has 0 amide bonds. The summed E-state index contributed by atoms with van der Waals surface area (Å²) in [6.45, 7) is 40.6. The third kappa shape index (κ3) is 16.8. The van der Waals surface area contributed by atoms with Gasteiger partial charge in [0, 0.05) is 0 Å². The molecule has 0 saturated carbocycles. The first kappa shape index (κ1) is 52.1. The molecule has 0 radical (unpaired) electrons. The lowest BCUT2D eigenvalue weighted by molar-refractivity contribution is 0.506. The van der Waals surface area contributed by atoms with E-state index in [1.54, 1.807) is 5.56 Å². The van der Waals surface area contributed by atoms with Gasteiger partial charge in [-0.2, -0.15) is 0 Å². The van der Waals surface area contributed by atoms with E-state index in [-0.39, 0.29) is 0 Å². The van der Waals surface area contributed by atoms with Crippen molar-refractivity contribution >= 4 is 0 Å². The maximum Gasteiger partial charge on any atom is -0.0106 e. The molecular formula is C58H86. The zero-order chi connectivity index (χ0) is 44.1. The van der Waals surface area contributed by atoms with E-state index in [0.29, 0.717) is 28.6 Å². The van der Waals surface area contributed by atoms with Crippen LogP contribution < -0.4 is 0 Å². The molecule has 0 aliphatic carbocycles. The molecule has 318 valence electrons. The van der Waals surface area contributed by atoms with Gasteiger partial charge in [-0.05, 0) is 158 Å². The van der Waals surface area contributed by atoms with Crippen molar-refractivity contribution in [3.63, 3.8) is 0 Å². The van der Waals surface area contributed by atoms with Crippen LogP contribution in [0.25, 0.3) is 0 Å². The van der Waals surface area contributed by atoms with Crippen LogP contribution in [0.2, 0.25) is 0 Å². The summed E-state index contributed by atoms with van der Waals surface area (Å²) in [6, 6.07) is 40.8. The lowest BCUT2D eigenvalue weighted by Crippen LogP contribution is -2.14. The van der Waals surface area contributed by atoms with Gasteiger partial charge in [0.05, 0.1) is 0 Å². The summed E-state index contributed by atoms with van der Waals surface area (Å²) in [5, 5.41) is 0. The number of rotatable bonds is 10. The van der Waals surface area contributed by atoms with Gasteiger partial charge in [0.1, 0.15) is 0 Å². The molecule has 58 heavy (non-hydrogen) atoms. The third-order valence-corrected chi connectivity index (χ3v) is 13.3. The second-order valence-electron chi connectivity index (χ2n) is 18.0. The number of benzene rings is 5. The molecule has 0 heterocycles. The summed E-state index contributed by atoms with van der Waals surface area (Å²) in [5.41, 5.74) is 16.8. The minimum atomic E-state index is 0.335. The molecular weight excluding hydrogens is 697 g/mol. The predicted molar refractivity (Wildman–Crippen MR) is 263 cm³/mol. The Morgan fingerprint density at radius 3 is 0.966 bits per heavy atom. The van der Waals surface area contributed by atoms with Crippen molar-refractivity contribution in [1.82, 2.24) is 0 Å². The van der Waals surface area contributed by atoms with Gasteiger partial charge in [-0.3, -0.25) is 0 Å². The van der Waals surface area contributed by atoms with Gasteiger partial charge in [-0.25, -0.2) is 0 Å². The summed E-state index contributed by atoms with van der Waals surface area (Å²) in [6.07, 6.45) is 6.06. The molecule has 0 nitrogen and oxygen atoms in total.